The zero-order valence-corrected chi connectivity index (χ0v) is 16.0. The Kier molecular flexibility index (Phi) is 5.44. The van der Waals surface area contributed by atoms with Crippen molar-refractivity contribution in [1.29, 1.82) is 0 Å². The van der Waals surface area contributed by atoms with Crippen molar-refractivity contribution in [2.45, 2.75) is 13.1 Å². The average Bonchev–Trinajstić information content (AvgIpc) is 3.33. The fourth-order valence-corrected chi connectivity index (χ4v) is 3.10. The monoisotopic (exact) mass is 388 g/mol. The molecule has 6 nitrogen and oxygen atoms in total. The number of nitrogens with zero attached hydrogens (tertiary/aromatic N) is 4. The van der Waals surface area contributed by atoms with E-state index in [0.29, 0.717) is 5.11 Å². The van der Waals surface area contributed by atoms with E-state index in [9.17, 15) is 0 Å². The molecule has 0 amide bonds. The molecule has 140 valence electrons. The molecular formula is C21H20N6S. The molecule has 0 unspecified atom stereocenters. The van der Waals surface area contributed by atoms with Crippen LogP contribution in [0.3, 0.4) is 0 Å². The van der Waals surface area contributed by atoms with E-state index in [2.05, 4.69) is 45.1 Å². The number of thiocarbonyl (C=S) groups is 1. The fraction of sp³-hybridized carbons (Fsp3) is 0.0952. The standard InChI is InChI=1S/C21H20N6S/c28-21(24-19-11-22-26(15-19)13-17-7-3-1-4-8-17)25-20-12-23-27(16-20)14-18-9-5-2-6-10-18/h1-12,15-16H,13-14H2,(H2,24,25,28). The van der Waals surface area contributed by atoms with Crippen LogP contribution < -0.4 is 10.6 Å². The van der Waals surface area contributed by atoms with Gasteiger partial charge in [-0.05, 0) is 23.3 Å². The van der Waals surface area contributed by atoms with Crippen molar-refractivity contribution >= 4 is 28.7 Å². The summed E-state index contributed by atoms with van der Waals surface area (Å²) in [6.07, 6.45) is 7.38. The van der Waals surface area contributed by atoms with E-state index in [0.717, 1.165) is 24.5 Å². The van der Waals surface area contributed by atoms with Crippen LogP contribution in [0.25, 0.3) is 0 Å². The lowest BCUT2D eigenvalue weighted by molar-refractivity contribution is 0.687. The van der Waals surface area contributed by atoms with Gasteiger partial charge in [0.15, 0.2) is 5.11 Å². The molecule has 0 fully saturated rings. The summed E-state index contributed by atoms with van der Waals surface area (Å²) < 4.78 is 3.75. The Labute approximate surface area is 168 Å². The van der Waals surface area contributed by atoms with E-state index in [1.165, 1.54) is 11.1 Å². The maximum atomic E-state index is 5.40. The highest BCUT2D eigenvalue weighted by Crippen LogP contribution is 2.11. The second-order valence-electron chi connectivity index (χ2n) is 6.40. The average molecular weight is 389 g/mol. The number of rotatable bonds is 6. The molecule has 0 spiro atoms. The third-order valence-corrected chi connectivity index (χ3v) is 4.36. The van der Waals surface area contributed by atoms with Crippen LogP contribution in [0.2, 0.25) is 0 Å². The molecule has 2 aromatic heterocycles. The maximum Gasteiger partial charge on any atom is 0.175 e. The van der Waals surface area contributed by atoms with Gasteiger partial charge in [0.25, 0.3) is 0 Å². The van der Waals surface area contributed by atoms with Crippen LogP contribution in [0, 0.1) is 0 Å². The van der Waals surface area contributed by atoms with Gasteiger partial charge in [-0.2, -0.15) is 10.2 Å². The Morgan fingerprint density at radius 2 is 1.14 bits per heavy atom. The molecule has 2 N–H and O–H groups in total. The first-order valence-electron chi connectivity index (χ1n) is 8.95. The molecule has 0 aliphatic carbocycles. The number of anilines is 2. The first kappa shape index (κ1) is 17.9. The molecule has 7 heteroatoms. The SMILES string of the molecule is S=C(Nc1cnn(Cc2ccccc2)c1)Nc1cnn(Cc2ccccc2)c1. The number of aromatic nitrogens is 4. The summed E-state index contributed by atoms with van der Waals surface area (Å²) in [5, 5.41) is 15.6. The zero-order valence-electron chi connectivity index (χ0n) is 15.2. The Morgan fingerprint density at radius 3 is 1.57 bits per heavy atom. The van der Waals surface area contributed by atoms with Crippen LogP contribution in [0.4, 0.5) is 11.4 Å². The zero-order chi connectivity index (χ0) is 19.2. The summed E-state index contributed by atoms with van der Waals surface area (Å²) in [6, 6.07) is 20.4. The van der Waals surface area contributed by atoms with Gasteiger partial charge < -0.3 is 10.6 Å². The van der Waals surface area contributed by atoms with Crippen molar-refractivity contribution < 1.29 is 0 Å². The molecule has 0 saturated heterocycles. The highest BCUT2D eigenvalue weighted by molar-refractivity contribution is 7.80. The van der Waals surface area contributed by atoms with Crippen molar-refractivity contribution in [3.8, 4) is 0 Å². The van der Waals surface area contributed by atoms with Crippen LogP contribution >= 0.6 is 12.2 Å². The molecule has 4 rings (SSSR count). The summed E-state index contributed by atoms with van der Waals surface area (Å²) in [4.78, 5) is 0. The summed E-state index contributed by atoms with van der Waals surface area (Å²) in [7, 11) is 0. The minimum Gasteiger partial charge on any atom is -0.330 e. The smallest absolute Gasteiger partial charge is 0.175 e. The first-order chi connectivity index (χ1) is 13.7. The van der Waals surface area contributed by atoms with Gasteiger partial charge in [-0.3, -0.25) is 9.36 Å². The predicted octanol–water partition coefficient (Wildman–Crippen LogP) is 3.99. The van der Waals surface area contributed by atoms with E-state index in [1.807, 2.05) is 58.2 Å². The van der Waals surface area contributed by atoms with Gasteiger partial charge >= 0.3 is 0 Å². The summed E-state index contributed by atoms with van der Waals surface area (Å²) in [5.74, 6) is 0. The molecule has 0 atom stereocenters. The van der Waals surface area contributed by atoms with Crippen molar-refractivity contribution in [2.24, 2.45) is 0 Å². The molecule has 4 aromatic rings. The summed E-state index contributed by atoms with van der Waals surface area (Å²) >= 11 is 5.40. The quantitative estimate of drug-likeness (QED) is 0.489. The van der Waals surface area contributed by atoms with E-state index >= 15 is 0 Å². The predicted molar refractivity (Wildman–Crippen MR) is 115 cm³/mol. The Bertz CT molecular complexity index is 955. The molecular weight excluding hydrogens is 368 g/mol. The van der Waals surface area contributed by atoms with E-state index < -0.39 is 0 Å². The number of benzene rings is 2. The molecule has 0 saturated carbocycles. The topological polar surface area (TPSA) is 59.7 Å². The largest absolute Gasteiger partial charge is 0.330 e. The lowest BCUT2D eigenvalue weighted by atomic mass is 10.2. The van der Waals surface area contributed by atoms with Crippen LogP contribution in [0.15, 0.2) is 85.5 Å². The third-order valence-electron chi connectivity index (χ3n) is 4.16. The van der Waals surface area contributed by atoms with Gasteiger partial charge in [-0.15, -0.1) is 0 Å². The minimum atomic E-state index is 0.499. The summed E-state index contributed by atoms with van der Waals surface area (Å²) in [6.45, 7) is 1.43. The lowest BCUT2D eigenvalue weighted by Gasteiger charge is -2.06. The van der Waals surface area contributed by atoms with Gasteiger partial charge in [-0.25, -0.2) is 0 Å². The van der Waals surface area contributed by atoms with E-state index in [4.69, 9.17) is 12.2 Å². The Morgan fingerprint density at radius 1 is 0.714 bits per heavy atom. The van der Waals surface area contributed by atoms with Gasteiger partial charge in [-0.1, -0.05) is 60.7 Å². The Hall–Kier alpha value is -3.45. The number of nitrogens with one attached hydrogen (secondary N) is 2. The fourth-order valence-electron chi connectivity index (χ4n) is 2.86. The van der Waals surface area contributed by atoms with Gasteiger partial charge in [0.1, 0.15) is 0 Å². The van der Waals surface area contributed by atoms with Crippen LogP contribution in [0.5, 0.6) is 0 Å². The molecule has 2 aromatic carbocycles. The van der Waals surface area contributed by atoms with Crippen molar-refractivity contribution in [1.82, 2.24) is 19.6 Å². The van der Waals surface area contributed by atoms with Crippen LogP contribution in [0.1, 0.15) is 11.1 Å². The third kappa shape index (κ3) is 4.83. The summed E-state index contributed by atoms with van der Waals surface area (Å²) in [5.41, 5.74) is 4.07. The number of hydrogen-bond donors (Lipinski definition) is 2. The second-order valence-corrected chi connectivity index (χ2v) is 6.81. The van der Waals surface area contributed by atoms with Crippen LogP contribution in [-0.4, -0.2) is 24.7 Å². The van der Waals surface area contributed by atoms with Gasteiger partial charge in [0.2, 0.25) is 0 Å². The van der Waals surface area contributed by atoms with E-state index in [1.54, 1.807) is 12.4 Å². The Balaban J connectivity index is 1.31. The molecule has 0 aliphatic heterocycles. The molecule has 0 aliphatic rings. The maximum absolute atomic E-state index is 5.40. The first-order valence-corrected chi connectivity index (χ1v) is 9.36. The van der Waals surface area contributed by atoms with Gasteiger partial charge in [0.05, 0.1) is 36.9 Å². The molecule has 0 radical (unpaired) electrons. The van der Waals surface area contributed by atoms with E-state index in [-0.39, 0.29) is 0 Å². The lowest BCUT2D eigenvalue weighted by Crippen LogP contribution is -2.18. The highest BCUT2D eigenvalue weighted by Gasteiger charge is 2.05. The minimum absolute atomic E-state index is 0.499. The normalized spacial score (nSPS) is 10.6. The molecule has 0 bridgehead atoms. The number of hydrogen-bond acceptors (Lipinski definition) is 3. The highest BCUT2D eigenvalue weighted by atomic mass is 32.1. The second kappa shape index (κ2) is 8.49. The van der Waals surface area contributed by atoms with Crippen molar-refractivity contribution in [3.05, 3.63) is 96.6 Å². The molecule has 28 heavy (non-hydrogen) atoms. The van der Waals surface area contributed by atoms with Gasteiger partial charge in [0, 0.05) is 12.4 Å². The molecule has 2 heterocycles. The van der Waals surface area contributed by atoms with Crippen molar-refractivity contribution in [2.75, 3.05) is 10.6 Å². The van der Waals surface area contributed by atoms with Crippen molar-refractivity contribution in [3.63, 3.8) is 0 Å². The van der Waals surface area contributed by atoms with Crippen LogP contribution in [-0.2, 0) is 13.1 Å².